The van der Waals surface area contributed by atoms with Gasteiger partial charge in [0.2, 0.25) is 0 Å². The van der Waals surface area contributed by atoms with Crippen molar-refractivity contribution < 1.29 is 14.6 Å². The van der Waals surface area contributed by atoms with Gasteiger partial charge < -0.3 is 14.6 Å². The molecule has 3 heteroatoms. The second-order valence-electron chi connectivity index (χ2n) is 6.11. The molecule has 1 aliphatic heterocycles. The molecule has 0 aromatic carbocycles. The molecule has 0 aliphatic carbocycles. The third-order valence-corrected chi connectivity index (χ3v) is 3.99. The number of ether oxygens (including phenoxy) is 2. The molecule has 1 aliphatic rings. The molecule has 1 saturated heterocycles. The zero-order valence-corrected chi connectivity index (χ0v) is 14.2. The van der Waals surface area contributed by atoms with E-state index in [4.69, 9.17) is 9.47 Å². The first-order valence-corrected chi connectivity index (χ1v) is 8.47. The SMILES string of the molecule is C=CC(O)CCC(C)=CCCC(C)=CCOC1CCCCO1. The van der Waals surface area contributed by atoms with Crippen LogP contribution in [0.5, 0.6) is 0 Å². The summed E-state index contributed by atoms with van der Waals surface area (Å²) in [6.45, 7) is 9.34. The first-order valence-electron chi connectivity index (χ1n) is 8.47. The van der Waals surface area contributed by atoms with Crippen molar-refractivity contribution in [2.75, 3.05) is 13.2 Å². The Kier molecular flexibility index (Phi) is 10.1. The summed E-state index contributed by atoms with van der Waals surface area (Å²) in [5, 5.41) is 9.45. The fourth-order valence-electron chi connectivity index (χ4n) is 2.38. The van der Waals surface area contributed by atoms with Crippen molar-refractivity contribution in [1.29, 1.82) is 0 Å². The highest BCUT2D eigenvalue weighted by Gasteiger charge is 2.12. The summed E-state index contributed by atoms with van der Waals surface area (Å²) >= 11 is 0. The Labute approximate surface area is 135 Å². The Morgan fingerprint density at radius 1 is 1.27 bits per heavy atom. The van der Waals surface area contributed by atoms with Crippen LogP contribution in [0.15, 0.2) is 36.0 Å². The molecule has 126 valence electrons. The van der Waals surface area contributed by atoms with Crippen LogP contribution in [0.25, 0.3) is 0 Å². The van der Waals surface area contributed by atoms with E-state index >= 15 is 0 Å². The molecule has 0 aromatic rings. The molecule has 0 radical (unpaired) electrons. The van der Waals surface area contributed by atoms with E-state index in [0.717, 1.165) is 45.1 Å². The minimum Gasteiger partial charge on any atom is -0.389 e. The van der Waals surface area contributed by atoms with Crippen LogP contribution in [-0.4, -0.2) is 30.7 Å². The van der Waals surface area contributed by atoms with Crippen LogP contribution in [0.3, 0.4) is 0 Å². The average molecular weight is 308 g/mol. The standard InChI is InChI=1S/C19H32O3/c1-4-18(20)12-11-16(2)8-7-9-17(3)13-15-22-19-10-5-6-14-21-19/h4,8,13,18-20H,1,5-7,9-12,14-15H2,2-3H3. The quantitative estimate of drug-likeness (QED) is 0.603. The van der Waals surface area contributed by atoms with Crippen molar-refractivity contribution in [3.8, 4) is 0 Å². The third-order valence-electron chi connectivity index (χ3n) is 3.99. The van der Waals surface area contributed by atoms with Crippen LogP contribution in [0.4, 0.5) is 0 Å². The summed E-state index contributed by atoms with van der Waals surface area (Å²) in [6, 6.07) is 0. The second kappa shape index (κ2) is 11.6. The lowest BCUT2D eigenvalue weighted by Gasteiger charge is -2.22. The Bertz CT molecular complexity index is 365. The van der Waals surface area contributed by atoms with Gasteiger partial charge in [-0.2, -0.15) is 0 Å². The maximum atomic E-state index is 9.45. The first kappa shape index (κ1) is 19.1. The molecular weight excluding hydrogens is 276 g/mol. The fourth-order valence-corrected chi connectivity index (χ4v) is 2.38. The smallest absolute Gasteiger partial charge is 0.157 e. The molecule has 2 atom stereocenters. The van der Waals surface area contributed by atoms with Crippen LogP contribution >= 0.6 is 0 Å². The van der Waals surface area contributed by atoms with Gasteiger partial charge in [0, 0.05) is 6.61 Å². The summed E-state index contributed by atoms with van der Waals surface area (Å²) in [5.41, 5.74) is 2.69. The molecule has 1 heterocycles. The molecule has 0 spiro atoms. The Hall–Kier alpha value is -0.900. The summed E-state index contributed by atoms with van der Waals surface area (Å²) in [5.74, 6) is 0. The molecule has 0 saturated carbocycles. The minimum absolute atomic E-state index is 0.00349. The number of aliphatic hydroxyl groups excluding tert-OH is 1. The minimum atomic E-state index is -0.385. The van der Waals surface area contributed by atoms with Crippen LogP contribution in [0.1, 0.15) is 58.8 Å². The van der Waals surface area contributed by atoms with Gasteiger partial charge in [-0.3, -0.25) is 0 Å². The zero-order chi connectivity index (χ0) is 16.2. The maximum absolute atomic E-state index is 9.45. The third kappa shape index (κ3) is 9.19. The van der Waals surface area contributed by atoms with Gasteiger partial charge >= 0.3 is 0 Å². The average Bonchev–Trinajstić information content (AvgIpc) is 2.53. The van der Waals surface area contributed by atoms with E-state index in [2.05, 4.69) is 32.6 Å². The van der Waals surface area contributed by atoms with Gasteiger partial charge in [-0.05, 0) is 58.8 Å². The molecule has 1 rings (SSSR count). The fraction of sp³-hybridized carbons (Fsp3) is 0.684. The molecule has 3 nitrogen and oxygen atoms in total. The van der Waals surface area contributed by atoms with E-state index in [1.807, 2.05) is 0 Å². The topological polar surface area (TPSA) is 38.7 Å². The van der Waals surface area contributed by atoms with Crippen molar-refractivity contribution in [2.45, 2.75) is 71.2 Å². The Morgan fingerprint density at radius 3 is 2.73 bits per heavy atom. The summed E-state index contributed by atoms with van der Waals surface area (Å²) in [6.07, 6.45) is 12.8. The largest absolute Gasteiger partial charge is 0.389 e. The van der Waals surface area contributed by atoms with E-state index < -0.39 is 0 Å². The Balaban J connectivity index is 2.13. The number of hydrogen-bond acceptors (Lipinski definition) is 3. The highest BCUT2D eigenvalue weighted by Crippen LogP contribution is 2.15. The number of aliphatic hydroxyl groups is 1. The predicted molar refractivity (Wildman–Crippen MR) is 91.7 cm³/mol. The highest BCUT2D eigenvalue weighted by molar-refractivity contribution is 5.04. The van der Waals surface area contributed by atoms with E-state index in [1.54, 1.807) is 6.08 Å². The molecule has 0 aromatic heterocycles. The summed E-state index contributed by atoms with van der Waals surface area (Å²) in [7, 11) is 0. The van der Waals surface area contributed by atoms with Crippen molar-refractivity contribution in [1.82, 2.24) is 0 Å². The lowest BCUT2D eigenvalue weighted by Crippen LogP contribution is -2.22. The van der Waals surface area contributed by atoms with Gasteiger partial charge in [0.25, 0.3) is 0 Å². The van der Waals surface area contributed by atoms with Crippen molar-refractivity contribution in [3.05, 3.63) is 36.0 Å². The van der Waals surface area contributed by atoms with Crippen LogP contribution in [-0.2, 0) is 9.47 Å². The molecule has 0 amide bonds. The number of hydrogen-bond donors (Lipinski definition) is 1. The van der Waals surface area contributed by atoms with E-state index in [9.17, 15) is 5.11 Å². The molecule has 1 N–H and O–H groups in total. The van der Waals surface area contributed by atoms with Crippen LogP contribution in [0, 0.1) is 0 Å². The van der Waals surface area contributed by atoms with Crippen LogP contribution < -0.4 is 0 Å². The molecule has 2 unspecified atom stereocenters. The lowest BCUT2D eigenvalue weighted by atomic mass is 10.1. The van der Waals surface area contributed by atoms with Gasteiger partial charge in [-0.15, -0.1) is 6.58 Å². The van der Waals surface area contributed by atoms with E-state index in [-0.39, 0.29) is 12.4 Å². The predicted octanol–water partition coefficient (Wildman–Crippen LogP) is 4.53. The van der Waals surface area contributed by atoms with E-state index in [1.165, 1.54) is 17.6 Å². The van der Waals surface area contributed by atoms with Crippen molar-refractivity contribution in [3.63, 3.8) is 0 Å². The lowest BCUT2D eigenvalue weighted by molar-refractivity contribution is -0.155. The van der Waals surface area contributed by atoms with Gasteiger partial charge in [-0.1, -0.05) is 29.4 Å². The summed E-state index contributed by atoms with van der Waals surface area (Å²) < 4.78 is 11.2. The van der Waals surface area contributed by atoms with Gasteiger partial charge in [0.05, 0.1) is 12.7 Å². The maximum Gasteiger partial charge on any atom is 0.157 e. The normalized spacial score (nSPS) is 21.7. The molecule has 0 bridgehead atoms. The zero-order valence-electron chi connectivity index (χ0n) is 14.2. The first-order chi connectivity index (χ1) is 10.6. The molecular formula is C19H32O3. The summed E-state index contributed by atoms with van der Waals surface area (Å²) in [4.78, 5) is 0. The Morgan fingerprint density at radius 2 is 2.05 bits per heavy atom. The molecule has 1 fully saturated rings. The molecule has 22 heavy (non-hydrogen) atoms. The van der Waals surface area contributed by atoms with Crippen LogP contribution in [0.2, 0.25) is 0 Å². The second-order valence-corrected chi connectivity index (χ2v) is 6.11. The van der Waals surface area contributed by atoms with Gasteiger partial charge in [-0.25, -0.2) is 0 Å². The van der Waals surface area contributed by atoms with Crippen molar-refractivity contribution >= 4 is 0 Å². The number of allylic oxidation sites excluding steroid dienone is 3. The van der Waals surface area contributed by atoms with Gasteiger partial charge in [0.1, 0.15) is 0 Å². The highest BCUT2D eigenvalue weighted by atomic mass is 16.7. The number of rotatable bonds is 10. The van der Waals surface area contributed by atoms with Gasteiger partial charge in [0.15, 0.2) is 6.29 Å². The monoisotopic (exact) mass is 308 g/mol. The van der Waals surface area contributed by atoms with E-state index in [0.29, 0.717) is 6.61 Å². The van der Waals surface area contributed by atoms with Crippen molar-refractivity contribution in [2.24, 2.45) is 0 Å².